The number of hydrogen-bond acceptors (Lipinski definition) is 3. The maximum absolute atomic E-state index is 13.2. The second-order valence-corrected chi connectivity index (χ2v) is 8.57. The molecule has 0 aliphatic rings. The van der Waals surface area contributed by atoms with Gasteiger partial charge in [-0.3, -0.25) is 4.79 Å². The van der Waals surface area contributed by atoms with Gasteiger partial charge in [0.05, 0.1) is 9.79 Å². The molecule has 8 heteroatoms. The first-order valence-corrected chi connectivity index (χ1v) is 10.5. The number of nitrogens with zero attached hydrogens (tertiary/aromatic N) is 1. The molecule has 1 aromatic heterocycles. The predicted octanol–water partition coefficient (Wildman–Crippen LogP) is 4.39. The van der Waals surface area contributed by atoms with E-state index in [1.165, 1.54) is 47.2 Å². The maximum atomic E-state index is 13.2. The topological polar surface area (TPSA) is 68.2 Å². The van der Waals surface area contributed by atoms with Gasteiger partial charge in [0.1, 0.15) is 18.2 Å². The zero-order valence-electron chi connectivity index (χ0n) is 15.5. The molecule has 0 saturated carbocycles. The molecule has 0 fully saturated rings. The molecule has 152 valence electrons. The summed E-state index contributed by atoms with van der Waals surface area (Å²) >= 11 is 0. The number of halogens is 2. The van der Waals surface area contributed by atoms with Crippen LogP contribution in [0.5, 0.6) is 0 Å². The van der Waals surface area contributed by atoms with Crippen molar-refractivity contribution < 1.29 is 22.0 Å². The van der Waals surface area contributed by atoms with E-state index in [4.69, 9.17) is 0 Å². The minimum Gasteiger partial charge on any atom is -0.337 e. The number of carbonyl (C=O) groups is 1. The number of para-hydroxylation sites is 1. The highest BCUT2D eigenvalue weighted by Gasteiger charge is 2.24. The minimum absolute atomic E-state index is 0.0271. The second kappa shape index (κ2) is 7.72. The molecule has 0 unspecified atom stereocenters. The van der Waals surface area contributed by atoms with Crippen molar-refractivity contribution in [1.82, 2.24) is 4.57 Å². The first-order valence-electron chi connectivity index (χ1n) is 8.98. The lowest BCUT2D eigenvalue weighted by Gasteiger charge is -2.07. The molecule has 0 aliphatic heterocycles. The average Bonchev–Trinajstić information content (AvgIpc) is 3.09. The molecule has 0 saturated heterocycles. The van der Waals surface area contributed by atoms with Gasteiger partial charge in [0, 0.05) is 22.8 Å². The summed E-state index contributed by atoms with van der Waals surface area (Å²) in [5.41, 5.74) is 0.990. The van der Waals surface area contributed by atoms with E-state index < -0.39 is 27.4 Å². The number of nitrogens with one attached hydrogen (secondary N) is 1. The fraction of sp³-hybridized carbons (Fsp3) is 0.0455. The fourth-order valence-electron chi connectivity index (χ4n) is 3.19. The average molecular weight is 426 g/mol. The number of hydrogen-bond donors (Lipinski definition) is 1. The number of benzene rings is 3. The summed E-state index contributed by atoms with van der Waals surface area (Å²) in [4.78, 5) is 12.4. The van der Waals surface area contributed by atoms with Gasteiger partial charge >= 0.3 is 0 Å². The lowest BCUT2D eigenvalue weighted by molar-refractivity contribution is -0.116. The van der Waals surface area contributed by atoms with E-state index >= 15 is 0 Å². The molecule has 5 nitrogen and oxygen atoms in total. The van der Waals surface area contributed by atoms with Crippen LogP contribution in [0.2, 0.25) is 0 Å². The van der Waals surface area contributed by atoms with E-state index in [0.717, 1.165) is 12.1 Å². The molecule has 0 spiro atoms. The van der Waals surface area contributed by atoms with E-state index in [0.29, 0.717) is 16.6 Å². The summed E-state index contributed by atoms with van der Waals surface area (Å²) in [6.45, 7) is -0.142. The molecule has 1 amide bonds. The largest absolute Gasteiger partial charge is 0.337 e. The third-order valence-electron chi connectivity index (χ3n) is 4.61. The molecular formula is C22H16F2N2O3S. The summed E-state index contributed by atoms with van der Waals surface area (Å²) < 4.78 is 54.0. The Morgan fingerprint density at radius 1 is 0.867 bits per heavy atom. The van der Waals surface area contributed by atoms with Gasteiger partial charge in [-0.1, -0.05) is 18.2 Å². The summed E-state index contributed by atoms with van der Waals surface area (Å²) in [5.74, 6) is -1.35. The Bertz CT molecular complexity index is 1330. The van der Waals surface area contributed by atoms with Crippen LogP contribution in [0, 0.1) is 11.6 Å². The number of fused-ring (bicyclic) bond motifs is 1. The van der Waals surface area contributed by atoms with Crippen LogP contribution in [0.25, 0.3) is 10.9 Å². The fourth-order valence-corrected chi connectivity index (χ4v) is 4.66. The van der Waals surface area contributed by atoms with Crippen molar-refractivity contribution in [3.63, 3.8) is 0 Å². The zero-order valence-corrected chi connectivity index (χ0v) is 16.4. The third kappa shape index (κ3) is 3.81. The Morgan fingerprint density at radius 2 is 1.47 bits per heavy atom. The number of carbonyl (C=O) groups excluding carboxylic acids is 1. The Balaban J connectivity index is 1.69. The van der Waals surface area contributed by atoms with Gasteiger partial charge < -0.3 is 9.88 Å². The number of rotatable bonds is 5. The van der Waals surface area contributed by atoms with E-state index in [1.54, 1.807) is 24.3 Å². The molecule has 0 aliphatic carbocycles. The van der Waals surface area contributed by atoms with Crippen LogP contribution in [0.1, 0.15) is 0 Å². The molecular weight excluding hydrogens is 410 g/mol. The van der Waals surface area contributed by atoms with Crippen molar-refractivity contribution in [2.75, 3.05) is 5.32 Å². The molecule has 0 atom stereocenters. The maximum Gasteiger partial charge on any atom is 0.244 e. The normalized spacial score (nSPS) is 11.5. The van der Waals surface area contributed by atoms with Crippen molar-refractivity contribution in [3.05, 3.63) is 90.6 Å². The Morgan fingerprint density at radius 3 is 2.13 bits per heavy atom. The number of amides is 1. The second-order valence-electron chi connectivity index (χ2n) is 6.65. The smallest absolute Gasteiger partial charge is 0.244 e. The molecule has 1 heterocycles. The Hall–Kier alpha value is -3.52. The van der Waals surface area contributed by atoms with E-state index in [1.807, 2.05) is 0 Å². The molecule has 4 aromatic rings. The van der Waals surface area contributed by atoms with E-state index in [-0.39, 0.29) is 16.3 Å². The summed E-state index contributed by atoms with van der Waals surface area (Å²) in [6.07, 6.45) is 1.40. The Labute approximate surface area is 171 Å². The van der Waals surface area contributed by atoms with Crippen LogP contribution in [0.3, 0.4) is 0 Å². The first kappa shape index (κ1) is 19.8. The van der Waals surface area contributed by atoms with E-state index in [2.05, 4.69) is 5.32 Å². The lowest BCUT2D eigenvalue weighted by Crippen LogP contribution is -2.18. The monoisotopic (exact) mass is 426 g/mol. The van der Waals surface area contributed by atoms with Crippen LogP contribution in [-0.2, 0) is 21.2 Å². The molecule has 0 bridgehead atoms. The van der Waals surface area contributed by atoms with Gasteiger partial charge in [-0.2, -0.15) is 0 Å². The van der Waals surface area contributed by atoms with Crippen LogP contribution < -0.4 is 5.32 Å². The summed E-state index contributed by atoms with van der Waals surface area (Å²) in [6, 6.07) is 16.7. The lowest BCUT2D eigenvalue weighted by atomic mass is 10.2. The minimum atomic E-state index is -3.92. The molecule has 0 radical (unpaired) electrons. The van der Waals surface area contributed by atoms with Gasteiger partial charge in [0.25, 0.3) is 0 Å². The molecule has 3 aromatic carbocycles. The number of aromatic nitrogens is 1. The third-order valence-corrected chi connectivity index (χ3v) is 6.40. The van der Waals surface area contributed by atoms with Gasteiger partial charge in [0.15, 0.2) is 0 Å². The van der Waals surface area contributed by atoms with Gasteiger partial charge in [0.2, 0.25) is 15.7 Å². The zero-order chi connectivity index (χ0) is 21.3. The highest BCUT2D eigenvalue weighted by molar-refractivity contribution is 7.91. The molecule has 1 N–H and O–H groups in total. The van der Waals surface area contributed by atoms with Gasteiger partial charge in [-0.05, 0) is 54.6 Å². The van der Waals surface area contributed by atoms with Crippen LogP contribution >= 0.6 is 0 Å². The highest BCUT2D eigenvalue weighted by Crippen LogP contribution is 2.30. The van der Waals surface area contributed by atoms with Crippen molar-refractivity contribution in [1.29, 1.82) is 0 Å². The predicted molar refractivity (Wildman–Crippen MR) is 109 cm³/mol. The molecule has 30 heavy (non-hydrogen) atoms. The quantitative estimate of drug-likeness (QED) is 0.481. The number of sulfone groups is 1. The summed E-state index contributed by atoms with van der Waals surface area (Å²) in [7, 11) is -3.92. The van der Waals surface area contributed by atoms with Crippen molar-refractivity contribution in [3.8, 4) is 0 Å². The number of anilines is 1. The van der Waals surface area contributed by atoms with Crippen molar-refractivity contribution in [2.24, 2.45) is 0 Å². The highest BCUT2D eigenvalue weighted by atomic mass is 32.2. The van der Waals surface area contributed by atoms with Crippen LogP contribution in [0.15, 0.2) is 88.8 Å². The van der Waals surface area contributed by atoms with Crippen LogP contribution in [-0.4, -0.2) is 18.9 Å². The van der Waals surface area contributed by atoms with Gasteiger partial charge in [-0.25, -0.2) is 17.2 Å². The SMILES string of the molecule is O=C(Cn1cc(S(=O)(=O)c2ccc(F)cc2)c2ccccc21)Nc1ccc(F)cc1. The summed E-state index contributed by atoms with van der Waals surface area (Å²) in [5, 5.41) is 3.11. The Kier molecular flexibility index (Phi) is 5.09. The standard InChI is InChI=1S/C22H16F2N2O3S/c23-15-5-9-17(10-6-15)25-22(27)14-26-13-21(19-3-1-2-4-20(19)26)30(28,29)18-11-7-16(24)8-12-18/h1-13H,14H2,(H,25,27). The van der Waals surface area contributed by atoms with Crippen molar-refractivity contribution >= 4 is 32.3 Å². The van der Waals surface area contributed by atoms with Crippen LogP contribution in [0.4, 0.5) is 14.5 Å². The van der Waals surface area contributed by atoms with Gasteiger partial charge in [-0.15, -0.1) is 0 Å². The molecule has 4 rings (SSSR count). The van der Waals surface area contributed by atoms with E-state index in [9.17, 15) is 22.0 Å². The van der Waals surface area contributed by atoms with Crippen molar-refractivity contribution in [2.45, 2.75) is 16.3 Å². The first-order chi connectivity index (χ1) is 14.3.